The molecule has 132 valence electrons. The maximum Gasteiger partial charge on any atom is 0.295 e. The summed E-state index contributed by atoms with van der Waals surface area (Å²) < 4.78 is 20.5. The van der Waals surface area contributed by atoms with E-state index in [1.54, 1.807) is 10.6 Å². The molecular weight excluding hydrogens is 337 g/mol. The molecule has 0 spiro atoms. The van der Waals surface area contributed by atoms with E-state index in [4.69, 9.17) is 4.42 Å². The van der Waals surface area contributed by atoms with Crippen molar-refractivity contribution in [2.24, 2.45) is 5.92 Å². The van der Waals surface area contributed by atoms with Crippen LogP contribution < -0.4 is 10.2 Å². The molecule has 0 aliphatic carbocycles. The summed E-state index contributed by atoms with van der Waals surface area (Å²) in [7, 11) is 0. The molecule has 4 heterocycles. The van der Waals surface area contributed by atoms with Crippen LogP contribution in [-0.4, -0.2) is 44.4 Å². The van der Waals surface area contributed by atoms with Crippen LogP contribution in [0.15, 0.2) is 34.7 Å². The van der Waals surface area contributed by atoms with E-state index in [9.17, 15) is 4.39 Å². The summed E-state index contributed by atoms with van der Waals surface area (Å²) in [5.74, 6) is 1.81. The lowest BCUT2D eigenvalue weighted by Gasteiger charge is -2.39. The molecule has 1 N–H and O–H groups in total. The van der Waals surface area contributed by atoms with E-state index in [2.05, 4.69) is 30.5 Å². The Labute approximate surface area is 147 Å². The van der Waals surface area contributed by atoms with Crippen molar-refractivity contribution in [2.45, 2.75) is 6.92 Å². The maximum absolute atomic E-state index is 13.2. The zero-order chi connectivity index (χ0) is 17.7. The van der Waals surface area contributed by atoms with E-state index >= 15 is 0 Å². The van der Waals surface area contributed by atoms with Gasteiger partial charge in [0, 0.05) is 31.6 Å². The number of rotatable bonds is 4. The molecule has 26 heavy (non-hydrogen) atoms. The average Bonchev–Trinajstić information content (AvgIpc) is 3.16. The predicted molar refractivity (Wildman–Crippen MR) is 93.7 cm³/mol. The monoisotopic (exact) mass is 353 g/mol. The van der Waals surface area contributed by atoms with E-state index in [0.717, 1.165) is 36.9 Å². The molecule has 0 radical (unpaired) electrons. The minimum Gasteiger partial charge on any atom is -0.423 e. The number of benzene rings is 1. The zero-order valence-corrected chi connectivity index (χ0v) is 14.1. The van der Waals surface area contributed by atoms with E-state index in [1.807, 2.05) is 19.1 Å². The number of aromatic nitrogens is 5. The number of hydrogen-bond acceptors (Lipinski definition) is 7. The number of anilines is 2. The number of hydrogen-bond donors (Lipinski definition) is 1. The third-order valence-corrected chi connectivity index (χ3v) is 4.58. The van der Waals surface area contributed by atoms with Gasteiger partial charge in [0.2, 0.25) is 0 Å². The number of aryl methyl sites for hydroxylation is 1. The Morgan fingerprint density at radius 1 is 1.23 bits per heavy atom. The highest BCUT2D eigenvalue weighted by Gasteiger charge is 2.28. The van der Waals surface area contributed by atoms with Gasteiger partial charge >= 0.3 is 0 Å². The molecule has 8 nitrogen and oxygen atoms in total. The lowest BCUT2D eigenvalue weighted by atomic mass is 10.0. The van der Waals surface area contributed by atoms with E-state index in [1.165, 1.54) is 12.1 Å². The second-order valence-corrected chi connectivity index (χ2v) is 6.49. The molecule has 0 atom stereocenters. The van der Waals surface area contributed by atoms with Crippen LogP contribution in [0.1, 0.15) is 5.82 Å². The van der Waals surface area contributed by atoms with Crippen molar-refractivity contribution in [3.8, 4) is 0 Å². The number of fused-ring (bicyclic) bond motifs is 2. The van der Waals surface area contributed by atoms with Crippen LogP contribution in [-0.2, 0) is 0 Å². The van der Waals surface area contributed by atoms with Gasteiger partial charge in [0.25, 0.3) is 6.01 Å². The number of halogens is 1. The Hall–Kier alpha value is -3.23. The first kappa shape index (κ1) is 15.1. The summed E-state index contributed by atoms with van der Waals surface area (Å²) in [5, 5.41) is 15.8. The SMILES string of the molecule is Cc1nnc2ccc(N3CC(CNc4nc5ccc(F)cc5o4)C3)nn12. The summed E-state index contributed by atoms with van der Waals surface area (Å²) in [4.78, 5) is 6.51. The molecular formula is C17H16FN7O. The number of nitrogens with one attached hydrogen (secondary N) is 1. The number of nitrogens with zero attached hydrogens (tertiary/aromatic N) is 6. The summed E-state index contributed by atoms with van der Waals surface area (Å²) in [5.41, 5.74) is 1.84. The summed E-state index contributed by atoms with van der Waals surface area (Å²) in [6, 6.07) is 8.63. The van der Waals surface area contributed by atoms with Gasteiger partial charge in [-0.2, -0.15) is 9.50 Å². The third kappa shape index (κ3) is 2.52. The first-order valence-corrected chi connectivity index (χ1v) is 8.40. The molecule has 4 aromatic rings. The highest BCUT2D eigenvalue weighted by molar-refractivity contribution is 5.74. The highest BCUT2D eigenvalue weighted by Crippen LogP contribution is 2.24. The van der Waals surface area contributed by atoms with Crippen molar-refractivity contribution in [3.63, 3.8) is 0 Å². The second-order valence-electron chi connectivity index (χ2n) is 6.49. The normalized spacial score (nSPS) is 14.9. The smallest absolute Gasteiger partial charge is 0.295 e. The minimum atomic E-state index is -0.331. The lowest BCUT2D eigenvalue weighted by Crippen LogP contribution is -2.50. The molecule has 0 amide bonds. The zero-order valence-electron chi connectivity index (χ0n) is 14.1. The van der Waals surface area contributed by atoms with Gasteiger partial charge in [-0.25, -0.2) is 4.39 Å². The van der Waals surface area contributed by atoms with Crippen molar-refractivity contribution < 1.29 is 8.81 Å². The van der Waals surface area contributed by atoms with Gasteiger partial charge in [-0.3, -0.25) is 0 Å². The van der Waals surface area contributed by atoms with Crippen LogP contribution in [0.4, 0.5) is 16.2 Å². The quantitative estimate of drug-likeness (QED) is 0.602. The topological polar surface area (TPSA) is 84.4 Å². The predicted octanol–water partition coefficient (Wildman–Crippen LogP) is 2.26. The van der Waals surface area contributed by atoms with Crippen LogP contribution in [0.2, 0.25) is 0 Å². The Morgan fingerprint density at radius 2 is 2.12 bits per heavy atom. The maximum atomic E-state index is 13.2. The van der Waals surface area contributed by atoms with Crippen molar-refractivity contribution in [3.05, 3.63) is 42.0 Å². The molecule has 1 aromatic carbocycles. The summed E-state index contributed by atoms with van der Waals surface area (Å²) in [6.45, 7) is 4.40. The molecule has 0 unspecified atom stereocenters. The molecule has 0 bridgehead atoms. The molecule has 1 saturated heterocycles. The van der Waals surface area contributed by atoms with Crippen LogP contribution in [0, 0.1) is 18.7 Å². The van der Waals surface area contributed by atoms with Gasteiger partial charge in [0.15, 0.2) is 17.1 Å². The van der Waals surface area contributed by atoms with Crippen LogP contribution in [0.3, 0.4) is 0 Å². The Bertz CT molecular complexity index is 1100. The molecule has 5 rings (SSSR count). The van der Waals surface area contributed by atoms with Crippen molar-refractivity contribution in [1.82, 2.24) is 24.8 Å². The van der Waals surface area contributed by atoms with Crippen LogP contribution in [0.25, 0.3) is 16.7 Å². The van der Waals surface area contributed by atoms with E-state index in [0.29, 0.717) is 23.0 Å². The van der Waals surface area contributed by atoms with Gasteiger partial charge in [0.05, 0.1) is 0 Å². The van der Waals surface area contributed by atoms with Crippen molar-refractivity contribution in [1.29, 1.82) is 0 Å². The molecule has 3 aromatic heterocycles. The molecule has 1 aliphatic rings. The van der Waals surface area contributed by atoms with Crippen molar-refractivity contribution in [2.75, 3.05) is 29.9 Å². The first-order valence-electron chi connectivity index (χ1n) is 8.40. The molecule has 0 saturated carbocycles. The second kappa shape index (κ2) is 5.65. The fourth-order valence-electron chi connectivity index (χ4n) is 3.15. The average molecular weight is 353 g/mol. The number of oxazole rings is 1. The third-order valence-electron chi connectivity index (χ3n) is 4.58. The Balaban J connectivity index is 1.21. The van der Waals surface area contributed by atoms with E-state index < -0.39 is 0 Å². The van der Waals surface area contributed by atoms with Crippen LogP contribution >= 0.6 is 0 Å². The Kier molecular flexibility index (Phi) is 3.27. The molecule has 1 fully saturated rings. The van der Waals surface area contributed by atoms with Crippen LogP contribution in [0.5, 0.6) is 0 Å². The minimum absolute atomic E-state index is 0.331. The van der Waals surface area contributed by atoms with Gasteiger partial charge in [-0.05, 0) is 31.2 Å². The van der Waals surface area contributed by atoms with Gasteiger partial charge in [-0.15, -0.1) is 15.3 Å². The fourth-order valence-corrected chi connectivity index (χ4v) is 3.15. The molecule has 1 aliphatic heterocycles. The van der Waals surface area contributed by atoms with Gasteiger partial charge in [0.1, 0.15) is 17.2 Å². The highest BCUT2D eigenvalue weighted by atomic mass is 19.1. The molecule has 9 heteroatoms. The lowest BCUT2D eigenvalue weighted by molar-refractivity contribution is 0.420. The summed E-state index contributed by atoms with van der Waals surface area (Å²) in [6.07, 6.45) is 0. The summed E-state index contributed by atoms with van der Waals surface area (Å²) >= 11 is 0. The van der Waals surface area contributed by atoms with Gasteiger partial charge < -0.3 is 14.6 Å². The Morgan fingerprint density at radius 3 is 3.00 bits per heavy atom. The first-order chi connectivity index (χ1) is 12.7. The van der Waals surface area contributed by atoms with E-state index in [-0.39, 0.29) is 5.82 Å². The standard InChI is InChI=1S/C17H16FN7O/c1-10-21-22-15-4-5-16(23-25(10)15)24-8-11(9-24)7-19-17-20-13-3-2-12(18)6-14(13)26-17/h2-6,11H,7-9H2,1H3,(H,19,20). The van der Waals surface area contributed by atoms with Crippen molar-refractivity contribution >= 4 is 28.6 Å². The largest absolute Gasteiger partial charge is 0.423 e. The fraction of sp³-hybridized carbons (Fsp3) is 0.294. The van der Waals surface area contributed by atoms with Gasteiger partial charge in [-0.1, -0.05) is 0 Å².